The van der Waals surface area contributed by atoms with E-state index in [1.165, 1.54) is 32.1 Å². The second-order valence-electron chi connectivity index (χ2n) is 7.35. The van der Waals surface area contributed by atoms with Crippen molar-refractivity contribution in [3.8, 4) is 0 Å². The average Bonchev–Trinajstić information content (AvgIpc) is 3.03. The van der Waals surface area contributed by atoms with E-state index in [0.717, 1.165) is 36.5 Å². The van der Waals surface area contributed by atoms with Crippen LogP contribution < -0.4 is 5.32 Å². The molecular weight excluding hydrogens is 258 g/mol. The van der Waals surface area contributed by atoms with Crippen LogP contribution in [0.1, 0.15) is 44.9 Å². The zero-order chi connectivity index (χ0) is 13.0. The number of hydrogen-bond acceptors (Lipinski definition) is 3. The van der Waals surface area contributed by atoms with Crippen LogP contribution in [0.15, 0.2) is 0 Å². The summed E-state index contributed by atoms with van der Waals surface area (Å²) >= 11 is 0. The van der Waals surface area contributed by atoms with E-state index in [-0.39, 0.29) is 0 Å². The average molecular weight is 283 g/mol. The largest absolute Gasteiger partial charge is 0.311 e. The van der Waals surface area contributed by atoms with Crippen molar-refractivity contribution < 1.29 is 8.42 Å². The van der Waals surface area contributed by atoms with Gasteiger partial charge in [-0.05, 0) is 62.2 Å². The number of hydrogen-bond donors (Lipinski definition) is 1. The Morgan fingerprint density at radius 2 is 1.58 bits per heavy atom. The van der Waals surface area contributed by atoms with Crippen molar-refractivity contribution in [3.05, 3.63) is 0 Å². The molecule has 0 spiro atoms. The standard InChI is InChI=1S/C15H25NO2S/c17-19(18)6-4-11(5-7-19)16-15-9-10-8-14(15)13-3-1-2-12(10)13/h10-16H,1-9H2. The molecule has 5 unspecified atom stereocenters. The number of rotatable bonds is 2. The summed E-state index contributed by atoms with van der Waals surface area (Å²) in [4.78, 5) is 0. The van der Waals surface area contributed by atoms with Gasteiger partial charge in [-0.2, -0.15) is 0 Å². The van der Waals surface area contributed by atoms with E-state index in [4.69, 9.17) is 0 Å². The van der Waals surface area contributed by atoms with Gasteiger partial charge in [-0.1, -0.05) is 6.42 Å². The lowest BCUT2D eigenvalue weighted by atomic mass is 9.79. The predicted molar refractivity (Wildman–Crippen MR) is 75.6 cm³/mol. The topological polar surface area (TPSA) is 46.2 Å². The molecule has 5 atom stereocenters. The molecule has 108 valence electrons. The predicted octanol–water partition coefficient (Wildman–Crippen LogP) is 1.98. The first-order valence-corrected chi connectivity index (χ1v) is 9.91. The first kappa shape index (κ1) is 12.6. The molecule has 1 N–H and O–H groups in total. The summed E-state index contributed by atoms with van der Waals surface area (Å²) < 4.78 is 23.0. The van der Waals surface area contributed by atoms with Crippen LogP contribution in [0.4, 0.5) is 0 Å². The zero-order valence-electron chi connectivity index (χ0n) is 11.6. The van der Waals surface area contributed by atoms with E-state index in [0.29, 0.717) is 23.6 Å². The van der Waals surface area contributed by atoms with Gasteiger partial charge in [0.1, 0.15) is 9.84 Å². The lowest BCUT2D eigenvalue weighted by Gasteiger charge is -2.35. The van der Waals surface area contributed by atoms with E-state index < -0.39 is 9.84 Å². The van der Waals surface area contributed by atoms with Crippen molar-refractivity contribution in [2.24, 2.45) is 23.7 Å². The summed E-state index contributed by atoms with van der Waals surface area (Å²) in [6.45, 7) is 0. The van der Waals surface area contributed by atoms with Gasteiger partial charge in [-0.15, -0.1) is 0 Å². The summed E-state index contributed by atoms with van der Waals surface area (Å²) in [5, 5.41) is 3.84. The molecule has 1 heterocycles. The molecule has 4 aliphatic rings. The quantitative estimate of drug-likeness (QED) is 0.843. The van der Waals surface area contributed by atoms with Gasteiger partial charge in [0.05, 0.1) is 11.5 Å². The third kappa shape index (κ3) is 2.15. The Morgan fingerprint density at radius 3 is 2.37 bits per heavy atom. The van der Waals surface area contributed by atoms with Crippen molar-refractivity contribution in [3.63, 3.8) is 0 Å². The third-order valence-electron chi connectivity index (χ3n) is 6.43. The highest BCUT2D eigenvalue weighted by molar-refractivity contribution is 7.91. The second-order valence-corrected chi connectivity index (χ2v) is 9.66. The van der Waals surface area contributed by atoms with E-state index in [1.807, 2.05) is 0 Å². The van der Waals surface area contributed by atoms with Crippen molar-refractivity contribution in [1.29, 1.82) is 0 Å². The molecule has 1 saturated heterocycles. The highest BCUT2D eigenvalue weighted by atomic mass is 32.2. The minimum Gasteiger partial charge on any atom is -0.311 e. The molecule has 3 saturated carbocycles. The molecule has 0 amide bonds. The summed E-state index contributed by atoms with van der Waals surface area (Å²) in [7, 11) is -2.71. The molecule has 4 fully saturated rings. The van der Waals surface area contributed by atoms with Crippen LogP contribution in [-0.2, 0) is 9.84 Å². The maximum Gasteiger partial charge on any atom is 0.150 e. The summed E-state index contributed by atoms with van der Waals surface area (Å²) in [5.74, 6) is 4.76. The Morgan fingerprint density at radius 1 is 0.842 bits per heavy atom. The van der Waals surface area contributed by atoms with E-state index in [1.54, 1.807) is 0 Å². The van der Waals surface area contributed by atoms with Gasteiger partial charge in [-0.25, -0.2) is 8.42 Å². The second kappa shape index (κ2) is 4.45. The molecule has 3 aliphatic carbocycles. The SMILES string of the molecule is O=S1(=O)CCC(NC2CC3CC2C2CCCC32)CC1. The smallest absolute Gasteiger partial charge is 0.150 e. The van der Waals surface area contributed by atoms with E-state index in [9.17, 15) is 8.42 Å². The monoisotopic (exact) mass is 283 g/mol. The Labute approximate surface area is 116 Å². The van der Waals surface area contributed by atoms with Crippen LogP contribution in [0.25, 0.3) is 0 Å². The number of fused-ring (bicyclic) bond motifs is 5. The lowest BCUT2D eigenvalue weighted by Crippen LogP contribution is -2.47. The molecule has 2 bridgehead atoms. The van der Waals surface area contributed by atoms with E-state index >= 15 is 0 Å². The Balaban J connectivity index is 1.38. The van der Waals surface area contributed by atoms with Gasteiger partial charge in [0, 0.05) is 12.1 Å². The van der Waals surface area contributed by atoms with Gasteiger partial charge in [0.2, 0.25) is 0 Å². The van der Waals surface area contributed by atoms with Gasteiger partial charge >= 0.3 is 0 Å². The van der Waals surface area contributed by atoms with Crippen molar-refractivity contribution in [2.45, 2.75) is 57.0 Å². The Bertz CT molecular complexity index is 447. The molecule has 1 aliphatic heterocycles. The Kier molecular flexibility index (Phi) is 2.96. The molecule has 3 nitrogen and oxygen atoms in total. The first-order valence-electron chi connectivity index (χ1n) is 8.09. The molecule has 4 heteroatoms. The fourth-order valence-corrected chi connectivity index (χ4v) is 7.11. The van der Waals surface area contributed by atoms with E-state index in [2.05, 4.69) is 5.32 Å². The maximum atomic E-state index is 11.5. The van der Waals surface area contributed by atoms with Gasteiger partial charge < -0.3 is 5.32 Å². The van der Waals surface area contributed by atoms with Crippen LogP contribution >= 0.6 is 0 Å². The fourth-order valence-electron chi connectivity index (χ4n) is 5.62. The molecule has 0 radical (unpaired) electrons. The molecular formula is C15H25NO2S. The molecule has 0 aromatic heterocycles. The van der Waals surface area contributed by atoms with Crippen LogP contribution in [0, 0.1) is 23.7 Å². The summed E-state index contributed by atoms with van der Waals surface area (Å²) in [6, 6.07) is 1.17. The van der Waals surface area contributed by atoms with Gasteiger partial charge in [-0.3, -0.25) is 0 Å². The Hall–Kier alpha value is -0.0900. The van der Waals surface area contributed by atoms with Crippen LogP contribution in [0.3, 0.4) is 0 Å². The highest BCUT2D eigenvalue weighted by Crippen LogP contribution is 2.58. The van der Waals surface area contributed by atoms with Crippen molar-refractivity contribution >= 4 is 9.84 Å². The van der Waals surface area contributed by atoms with Crippen molar-refractivity contribution in [1.82, 2.24) is 5.32 Å². The van der Waals surface area contributed by atoms with Gasteiger partial charge in [0.25, 0.3) is 0 Å². The number of sulfone groups is 1. The first-order chi connectivity index (χ1) is 9.12. The molecule has 19 heavy (non-hydrogen) atoms. The highest BCUT2D eigenvalue weighted by Gasteiger charge is 2.53. The minimum absolute atomic E-state index is 0.400. The number of nitrogens with one attached hydrogen (secondary N) is 1. The third-order valence-corrected chi connectivity index (χ3v) is 8.15. The summed E-state index contributed by atoms with van der Waals surface area (Å²) in [5.41, 5.74) is 0. The normalized spacial score (nSPS) is 48.5. The summed E-state index contributed by atoms with van der Waals surface area (Å²) in [6.07, 6.45) is 8.90. The minimum atomic E-state index is -2.71. The van der Waals surface area contributed by atoms with Crippen LogP contribution in [0.2, 0.25) is 0 Å². The lowest BCUT2D eigenvalue weighted by molar-refractivity contribution is 0.195. The van der Waals surface area contributed by atoms with Crippen LogP contribution in [-0.4, -0.2) is 32.0 Å². The zero-order valence-corrected chi connectivity index (χ0v) is 12.4. The van der Waals surface area contributed by atoms with Crippen molar-refractivity contribution in [2.75, 3.05) is 11.5 Å². The molecule has 0 aromatic carbocycles. The molecule has 0 aromatic rings. The molecule has 4 rings (SSSR count). The van der Waals surface area contributed by atoms with Crippen LogP contribution in [0.5, 0.6) is 0 Å². The van der Waals surface area contributed by atoms with Gasteiger partial charge in [0.15, 0.2) is 0 Å². The maximum absolute atomic E-state index is 11.5. The fraction of sp³-hybridized carbons (Fsp3) is 1.00.